The summed E-state index contributed by atoms with van der Waals surface area (Å²) in [5.74, 6) is 0.140. The van der Waals surface area contributed by atoms with Crippen LogP contribution in [0.4, 0.5) is 4.39 Å². The van der Waals surface area contributed by atoms with Gasteiger partial charge in [0.05, 0.1) is 5.02 Å². The molecule has 2 aromatic carbocycles. The Labute approximate surface area is 132 Å². The summed E-state index contributed by atoms with van der Waals surface area (Å²) in [5.41, 5.74) is 6.26. The summed E-state index contributed by atoms with van der Waals surface area (Å²) >= 11 is 10.7. The number of halogens is 2. The van der Waals surface area contributed by atoms with Gasteiger partial charge in [0, 0.05) is 5.56 Å². The standard InChI is InChI=1S/C15H13ClFNO2S/c16-12-5-2-6-13(17)14(12)20-8-7-19-11-4-1-3-10(9-11)15(18)21/h1-6,9H,7-8H2,(H2,18,21). The van der Waals surface area contributed by atoms with Gasteiger partial charge >= 0.3 is 0 Å². The van der Waals surface area contributed by atoms with Crippen LogP contribution in [0.15, 0.2) is 42.5 Å². The molecule has 0 aliphatic rings. The third-order valence-corrected chi connectivity index (χ3v) is 3.17. The average molecular weight is 326 g/mol. The quantitative estimate of drug-likeness (QED) is 0.651. The molecule has 2 rings (SSSR count). The van der Waals surface area contributed by atoms with Crippen LogP contribution in [0.3, 0.4) is 0 Å². The molecule has 2 N–H and O–H groups in total. The zero-order valence-electron chi connectivity index (χ0n) is 11.0. The number of rotatable bonds is 6. The van der Waals surface area contributed by atoms with E-state index in [4.69, 9.17) is 39.0 Å². The highest BCUT2D eigenvalue weighted by Crippen LogP contribution is 2.27. The van der Waals surface area contributed by atoms with Gasteiger partial charge in [-0.05, 0) is 24.3 Å². The summed E-state index contributed by atoms with van der Waals surface area (Å²) in [6.07, 6.45) is 0. The highest BCUT2D eigenvalue weighted by Gasteiger charge is 2.07. The van der Waals surface area contributed by atoms with E-state index in [2.05, 4.69) is 0 Å². The number of hydrogen-bond acceptors (Lipinski definition) is 3. The molecule has 0 heterocycles. The molecule has 0 spiro atoms. The second-order valence-corrected chi connectivity index (χ2v) is 4.99. The fourth-order valence-electron chi connectivity index (χ4n) is 1.66. The van der Waals surface area contributed by atoms with Crippen LogP contribution in [0.1, 0.15) is 5.56 Å². The molecule has 0 unspecified atom stereocenters. The van der Waals surface area contributed by atoms with Crippen LogP contribution in [0.5, 0.6) is 11.5 Å². The van der Waals surface area contributed by atoms with Gasteiger partial charge in [0.2, 0.25) is 0 Å². The topological polar surface area (TPSA) is 44.5 Å². The van der Waals surface area contributed by atoms with Gasteiger partial charge in [-0.15, -0.1) is 0 Å². The van der Waals surface area contributed by atoms with E-state index in [1.807, 2.05) is 0 Å². The van der Waals surface area contributed by atoms with Crippen LogP contribution in [0.2, 0.25) is 5.02 Å². The lowest BCUT2D eigenvalue weighted by molar-refractivity contribution is 0.211. The molecule has 110 valence electrons. The molecule has 0 aromatic heterocycles. The average Bonchev–Trinajstić information content (AvgIpc) is 2.46. The maximum absolute atomic E-state index is 13.5. The fourth-order valence-corrected chi connectivity index (χ4v) is 2.01. The molecule has 6 heteroatoms. The predicted molar refractivity (Wildman–Crippen MR) is 84.7 cm³/mol. The van der Waals surface area contributed by atoms with Crippen LogP contribution >= 0.6 is 23.8 Å². The van der Waals surface area contributed by atoms with E-state index in [0.717, 1.165) is 5.56 Å². The van der Waals surface area contributed by atoms with Gasteiger partial charge in [-0.1, -0.05) is 42.0 Å². The lowest BCUT2D eigenvalue weighted by Gasteiger charge is -2.10. The van der Waals surface area contributed by atoms with Gasteiger partial charge < -0.3 is 15.2 Å². The van der Waals surface area contributed by atoms with E-state index in [1.165, 1.54) is 12.1 Å². The first kappa shape index (κ1) is 15.5. The van der Waals surface area contributed by atoms with Crippen LogP contribution < -0.4 is 15.2 Å². The van der Waals surface area contributed by atoms with E-state index < -0.39 is 5.82 Å². The molecule has 0 atom stereocenters. The predicted octanol–water partition coefficient (Wildman–Crippen LogP) is 3.57. The zero-order chi connectivity index (χ0) is 15.2. The van der Waals surface area contributed by atoms with Crippen molar-refractivity contribution in [3.63, 3.8) is 0 Å². The highest BCUT2D eigenvalue weighted by atomic mass is 35.5. The number of hydrogen-bond donors (Lipinski definition) is 1. The van der Waals surface area contributed by atoms with Crippen molar-refractivity contribution in [1.29, 1.82) is 0 Å². The fraction of sp³-hybridized carbons (Fsp3) is 0.133. The maximum atomic E-state index is 13.5. The summed E-state index contributed by atoms with van der Waals surface area (Å²) in [6.45, 7) is 0.406. The summed E-state index contributed by atoms with van der Waals surface area (Å²) in [6, 6.07) is 11.5. The van der Waals surface area contributed by atoms with E-state index in [0.29, 0.717) is 10.7 Å². The lowest BCUT2D eigenvalue weighted by atomic mass is 10.2. The molecule has 0 aliphatic heterocycles. The van der Waals surface area contributed by atoms with E-state index >= 15 is 0 Å². The summed E-state index contributed by atoms with van der Waals surface area (Å²) in [4.78, 5) is 0.301. The van der Waals surface area contributed by atoms with Crippen molar-refractivity contribution in [3.8, 4) is 11.5 Å². The summed E-state index contributed by atoms with van der Waals surface area (Å²) < 4.78 is 24.2. The molecular formula is C15H13ClFNO2S. The van der Waals surface area contributed by atoms with Crippen molar-refractivity contribution in [1.82, 2.24) is 0 Å². The monoisotopic (exact) mass is 325 g/mol. The molecule has 0 fully saturated rings. The first-order chi connectivity index (χ1) is 10.1. The minimum Gasteiger partial charge on any atom is -0.490 e. The second-order valence-electron chi connectivity index (χ2n) is 4.14. The molecule has 3 nitrogen and oxygen atoms in total. The summed E-state index contributed by atoms with van der Waals surface area (Å²) in [5, 5.41) is 0.227. The third-order valence-electron chi connectivity index (χ3n) is 2.64. The van der Waals surface area contributed by atoms with E-state index in [1.54, 1.807) is 30.3 Å². The molecule has 2 aromatic rings. The van der Waals surface area contributed by atoms with Crippen molar-refractivity contribution in [2.75, 3.05) is 13.2 Å². The van der Waals surface area contributed by atoms with Gasteiger partial charge in [0.15, 0.2) is 11.6 Å². The van der Waals surface area contributed by atoms with Crippen molar-refractivity contribution in [3.05, 3.63) is 58.9 Å². The van der Waals surface area contributed by atoms with Crippen molar-refractivity contribution in [2.24, 2.45) is 5.73 Å². The van der Waals surface area contributed by atoms with Crippen LogP contribution in [0, 0.1) is 5.82 Å². The number of nitrogens with two attached hydrogens (primary N) is 1. The normalized spacial score (nSPS) is 10.2. The first-order valence-electron chi connectivity index (χ1n) is 6.17. The Kier molecular flexibility index (Phi) is 5.36. The Balaban J connectivity index is 1.88. The number of thiocarbonyl (C=S) groups is 1. The Morgan fingerprint density at radius 3 is 2.57 bits per heavy atom. The first-order valence-corrected chi connectivity index (χ1v) is 6.96. The van der Waals surface area contributed by atoms with Gasteiger partial charge in [-0.25, -0.2) is 4.39 Å². The second kappa shape index (κ2) is 7.24. The highest BCUT2D eigenvalue weighted by molar-refractivity contribution is 7.80. The number of ether oxygens (including phenoxy) is 2. The minimum absolute atomic E-state index is 0.0275. The molecule has 0 bridgehead atoms. The van der Waals surface area contributed by atoms with Crippen LogP contribution in [0.25, 0.3) is 0 Å². The SMILES string of the molecule is NC(=S)c1cccc(OCCOc2c(F)cccc2Cl)c1. The molecule has 0 aliphatic carbocycles. The molecular weight excluding hydrogens is 313 g/mol. The molecule has 21 heavy (non-hydrogen) atoms. The van der Waals surface area contributed by atoms with Crippen molar-refractivity contribution in [2.45, 2.75) is 0 Å². The third kappa shape index (κ3) is 4.31. The van der Waals surface area contributed by atoms with E-state index in [-0.39, 0.29) is 24.0 Å². The van der Waals surface area contributed by atoms with Gasteiger partial charge in [-0.2, -0.15) is 0 Å². The lowest BCUT2D eigenvalue weighted by Crippen LogP contribution is -2.12. The zero-order valence-corrected chi connectivity index (χ0v) is 12.6. The maximum Gasteiger partial charge on any atom is 0.173 e. The smallest absolute Gasteiger partial charge is 0.173 e. The molecule has 0 saturated carbocycles. The summed E-state index contributed by atoms with van der Waals surface area (Å²) in [7, 11) is 0. The van der Waals surface area contributed by atoms with Crippen LogP contribution in [-0.2, 0) is 0 Å². The Morgan fingerprint density at radius 1 is 1.14 bits per heavy atom. The number of para-hydroxylation sites is 1. The molecule has 0 radical (unpaired) electrons. The largest absolute Gasteiger partial charge is 0.490 e. The van der Waals surface area contributed by atoms with Gasteiger partial charge in [0.1, 0.15) is 24.0 Å². The molecule has 0 amide bonds. The Bertz CT molecular complexity index is 631. The Hall–Kier alpha value is -1.85. The van der Waals surface area contributed by atoms with Crippen molar-refractivity contribution < 1.29 is 13.9 Å². The number of benzene rings is 2. The molecule has 0 saturated heterocycles. The van der Waals surface area contributed by atoms with Gasteiger partial charge in [-0.3, -0.25) is 0 Å². The van der Waals surface area contributed by atoms with Crippen molar-refractivity contribution >= 4 is 28.8 Å². The van der Waals surface area contributed by atoms with E-state index in [9.17, 15) is 4.39 Å². The van der Waals surface area contributed by atoms with Gasteiger partial charge in [0.25, 0.3) is 0 Å². The Morgan fingerprint density at radius 2 is 1.86 bits per heavy atom. The van der Waals surface area contributed by atoms with Crippen LogP contribution in [-0.4, -0.2) is 18.2 Å². The minimum atomic E-state index is -0.502.